The molecule has 2 amide bonds. The monoisotopic (exact) mass is 324 g/mol. The topological polar surface area (TPSA) is 89.3 Å². The summed E-state index contributed by atoms with van der Waals surface area (Å²) in [5, 5.41) is 13.3. The lowest BCUT2D eigenvalue weighted by Crippen LogP contribution is -2.28. The molecule has 0 saturated carbocycles. The van der Waals surface area contributed by atoms with E-state index in [0.717, 1.165) is 5.56 Å². The molecule has 0 fully saturated rings. The van der Waals surface area contributed by atoms with E-state index in [4.69, 9.17) is 9.15 Å². The first-order chi connectivity index (χ1) is 11.7. The Balaban J connectivity index is 1.59. The molecule has 0 aliphatic rings. The van der Waals surface area contributed by atoms with Gasteiger partial charge in [-0.05, 0) is 30.3 Å². The van der Waals surface area contributed by atoms with Crippen LogP contribution in [0.5, 0.6) is 5.75 Å². The second-order valence-electron chi connectivity index (χ2n) is 4.91. The summed E-state index contributed by atoms with van der Waals surface area (Å²) >= 11 is 0. The standard InChI is InChI=1S/C17H16N4O3/c1-23-14-9-5-6-12(10-14)16-21-20-15(24-16)11-18-17(22)19-13-7-3-2-4-8-13/h2-10H,11H2,1H3,(H2,18,19,22). The van der Waals surface area contributed by atoms with Crippen molar-refractivity contribution < 1.29 is 13.9 Å². The van der Waals surface area contributed by atoms with Gasteiger partial charge in [0.15, 0.2) is 0 Å². The highest BCUT2D eigenvalue weighted by Gasteiger charge is 2.10. The van der Waals surface area contributed by atoms with Gasteiger partial charge in [-0.25, -0.2) is 4.79 Å². The van der Waals surface area contributed by atoms with E-state index >= 15 is 0 Å². The third-order valence-electron chi connectivity index (χ3n) is 3.22. The molecule has 2 N–H and O–H groups in total. The normalized spacial score (nSPS) is 10.2. The number of hydrogen-bond donors (Lipinski definition) is 2. The van der Waals surface area contributed by atoms with Crippen molar-refractivity contribution in [1.82, 2.24) is 15.5 Å². The molecule has 0 unspecified atom stereocenters. The van der Waals surface area contributed by atoms with E-state index in [1.165, 1.54) is 0 Å². The molecule has 7 nitrogen and oxygen atoms in total. The van der Waals surface area contributed by atoms with E-state index in [2.05, 4.69) is 20.8 Å². The number of para-hydroxylation sites is 1. The number of carbonyl (C=O) groups excluding carboxylic acids is 1. The van der Waals surface area contributed by atoms with Crippen molar-refractivity contribution in [3.63, 3.8) is 0 Å². The van der Waals surface area contributed by atoms with Gasteiger partial charge in [0.25, 0.3) is 0 Å². The van der Waals surface area contributed by atoms with Gasteiger partial charge in [0.2, 0.25) is 11.8 Å². The van der Waals surface area contributed by atoms with Crippen LogP contribution in [0.2, 0.25) is 0 Å². The molecule has 24 heavy (non-hydrogen) atoms. The summed E-state index contributed by atoms with van der Waals surface area (Å²) < 4.78 is 10.7. The van der Waals surface area contributed by atoms with Gasteiger partial charge in [-0.1, -0.05) is 24.3 Å². The van der Waals surface area contributed by atoms with Crippen molar-refractivity contribution >= 4 is 11.7 Å². The summed E-state index contributed by atoms with van der Waals surface area (Å²) in [6, 6.07) is 16.1. The van der Waals surface area contributed by atoms with Gasteiger partial charge in [-0.15, -0.1) is 10.2 Å². The van der Waals surface area contributed by atoms with E-state index in [9.17, 15) is 4.79 Å². The molecule has 0 radical (unpaired) electrons. The maximum Gasteiger partial charge on any atom is 0.319 e. The van der Waals surface area contributed by atoms with E-state index in [-0.39, 0.29) is 12.6 Å². The summed E-state index contributed by atoms with van der Waals surface area (Å²) in [7, 11) is 1.59. The third-order valence-corrected chi connectivity index (χ3v) is 3.22. The molecule has 7 heteroatoms. The van der Waals surface area contributed by atoms with Crippen LogP contribution in [0.3, 0.4) is 0 Å². The quantitative estimate of drug-likeness (QED) is 0.753. The summed E-state index contributed by atoms with van der Waals surface area (Å²) in [6.45, 7) is 0.135. The Morgan fingerprint density at radius 2 is 1.96 bits per heavy atom. The highest BCUT2D eigenvalue weighted by atomic mass is 16.5. The zero-order valence-corrected chi connectivity index (χ0v) is 13.0. The van der Waals surface area contributed by atoms with Gasteiger partial charge in [-0.3, -0.25) is 0 Å². The molecule has 3 aromatic rings. The Morgan fingerprint density at radius 1 is 1.12 bits per heavy atom. The van der Waals surface area contributed by atoms with Crippen LogP contribution in [-0.4, -0.2) is 23.3 Å². The van der Waals surface area contributed by atoms with Crippen LogP contribution in [0.25, 0.3) is 11.5 Å². The number of methoxy groups -OCH3 is 1. The smallest absolute Gasteiger partial charge is 0.319 e. The zero-order valence-electron chi connectivity index (χ0n) is 13.0. The first kappa shape index (κ1) is 15.5. The summed E-state index contributed by atoms with van der Waals surface area (Å²) in [5.41, 5.74) is 1.46. The number of carbonyl (C=O) groups is 1. The number of urea groups is 1. The lowest BCUT2D eigenvalue weighted by atomic mass is 10.2. The lowest BCUT2D eigenvalue weighted by molar-refractivity contribution is 0.250. The number of nitrogens with zero attached hydrogens (tertiary/aromatic N) is 2. The Kier molecular flexibility index (Phi) is 4.71. The Labute approximate surface area is 138 Å². The van der Waals surface area contributed by atoms with Crippen molar-refractivity contribution in [3.05, 3.63) is 60.5 Å². The Morgan fingerprint density at radius 3 is 2.75 bits per heavy atom. The van der Waals surface area contributed by atoms with Gasteiger partial charge in [0.1, 0.15) is 5.75 Å². The van der Waals surface area contributed by atoms with Crippen LogP contribution in [-0.2, 0) is 6.54 Å². The number of rotatable bonds is 5. The first-order valence-corrected chi connectivity index (χ1v) is 7.31. The third kappa shape index (κ3) is 3.89. The fourth-order valence-electron chi connectivity index (χ4n) is 2.05. The van der Waals surface area contributed by atoms with Gasteiger partial charge >= 0.3 is 6.03 Å². The lowest BCUT2D eigenvalue weighted by Gasteiger charge is -2.05. The highest BCUT2D eigenvalue weighted by molar-refractivity contribution is 5.89. The Hall–Kier alpha value is -3.35. The number of amides is 2. The molecule has 0 aliphatic heterocycles. The van der Waals surface area contributed by atoms with Crippen molar-refractivity contribution in [2.75, 3.05) is 12.4 Å². The SMILES string of the molecule is COc1cccc(-c2nnc(CNC(=O)Nc3ccccc3)o2)c1. The average Bonchev–Trinajstić information content (AvgIpc) is 3.10. The maximum atomic E-state index is 11.8. The first-order valence-electron chi connectivity index (χ1n) is 7.31. The van der Waals surface area contributed by atoms with E-state index in [1.54, 1.807) is 25.3 Å². The largest absolute Gasteiger partial charge is 0.497 e. The molecule has 0 aliphatic carbocycles. The Bertz CT molecular complexity index is 817. The number of nitrogens with one attached hydrogen (secondary N) is 2. The highest BCUT2D eigenvalue weighted by Crippen LogP contribution is 2.22. The number of benzene rings is 2. The predicted octanol–water partition coefficient (Wildman–Crippen LogP) is 3.07. The second-order valence-corrected chi connectivity index (χ2v) is 4.91. The number of anilines is 1. The maximum absolute atomic E-state index is 11.8. The minimum atomic E-state index is -0.345. The van der Waals surface area contributed by atoms with Gasteiger partial charge < -0.3 is 19.8 Å². The van der Waals surface area contributed by atoms with Crippen molar-refractivity contribution in [2.24, 2.45) is 0 Å². The minimum absolute atomic E-state index is 0.135. The summed E-state index contributed by atoms with van der Waals surface area (Å²) in [6.07, 6.45) is 0. The molecule has 122 valence electrons. The molecule has 0 atom stereocenters. The molecule has 0 saturated heterocycles. The molecule has 3 rings (SSSR count). The number of ether oxygens (including phenoxy) is 1. The molecule has 1 aromatic heterocycles. The van der Waals surface area contributed by atoms with E-state index in [0.29, 0.717) is 23.2 Å². The van der Waals surface area contributed by atoms with E-state index in [1.807, 2.05) is 36.4 Å². The molecule has 2 aromatic carbocycles. The zero-order chi connectivity index (χ0) is 16.8. The van der Waals surface area contributed by atoms with Crippen molar-refractivity contribution in [2.45, 2.75) is 6.54 Å². The van der Waals surface area contributed by atoms with Crippen molar-refractivity contribution in [3.8, 4) is 17.2 Å². The van der Waals surface area contributed by atoms with Crippen LogP contribution < -0.4 is 15.4 Å². The molecule has 0 bridgehead atoms. The van der Waals surface area contributed by atoms with Crippen LogP contribution in [0.15, 0.2) is 59.0 Å². The molecular formula is C17H16N4O3. The van der Waals surface area contributed by atoms with Crippen molar-refractivity contribution in [1.29, 1.82) is 0 Å². The van der Waals surface area contributed by atoms with Crippen LogP contribution in [0, 0.1) is 0 Å². The second kappa shape index (κ2) is 7.28. The van der Waals surface area contributed by atoms with Crippen LogP contribution in [0.1, 0.15) is 5.89 Å². The molecule has 1 heterocycles. The molecular weight excluding hydrogens is 308 g/mol. The summed E-state index contributed by atoms with van der Waals surface area (Å²) in [4.78, 5) is 11.8. The van der Waals surface area contributed by atoms with Crippen LogP contribution in [0.4, 0.5) is 10.5 Å². The summed E-state index contributed by atoms with van der Waals surface area (Å²) in [5.74, 6) is 1.39. The average molecular weight is 324 g/mol. The van der Waals surface area contributed by atoms with E-state index < -0.39 is 0 Å². The van der Waals surface area contributed by atoms with Gasteiger partial charge in [0, 0.05) is 11.3 Å². The minimum Gasteiger partial charge on any atom is -0.497 e. The fraction of sp³-hybridized carbons (Fsp3) is 0.118. The van der Waals surface area contributed by atoms with Gasteiger partial charge in [0.05, 0.1) is 13.7 Å². The predicted molar refractivity (Wildman–Crippen MR) is 88.6 cm³/mol. The molecule has 0 spiro atoms. The number of aromatic nitrogens is 2. The fourth-order valence-corrected chi connectivity index (χ4v) is 2.05. The number of hydrogen-bond acceptors (Lipinski definition) is 5. The van der Waals surface area contributed by atoms with Gasteiger partial charge in [-0.2, -0.15) is 0 Å². The van der Waals surface area contributed by atoms with Crippen LogP contribution >= 0.6 is 0 Å².